The maximum atomic E-state index is 14.5. The Kier molecular flexibility index (Phi) is 6.50. The molecule has 1 saturated carbocycles. The fraction of sp³-hybridized carbons (Fsp3) is 0.333. The van der Waals surface area contributed by atoms with Crippen LogP contribution in [0.4, 0.5) is 22.0 Å². The molecule has 0 aliphatic heterocycles. The van der Waals surface area contributed by atoms with Crippen LogP contribution >= 0.6 is 0 Å². The highest BCUT2D eigenvalue weighted by atomic mass is 19.2. The summed E-state index contributed by atoms with van der Waals surface area (Å²) in [6.45, 7) is 2.05. The lowest BCUT2D eigenvalue weighted by Crippen LogP contribution is -2.12. The number of hydrogen-bond acceptors (Lipinski definition) is 0. The van der Waals surface area contributed by atoms with Crippen LogP contribution in [0.1, 0.15) is 61.6 Å². The Morgan fingerprint density at radius 3 is 2.25 bits per heavy atom. The van der Waals surface area contributed by atoms with Crippen LogP contribution in [0.3, 0.4) is 0 Å². The predicted molar refractivity (Wildman–Crippen MR) is 116 cm³/mol. The summed E-state index contributed by atoms with van der Waals surface area (Å²) < 4.78 is 69.8. The average Bonchev–Trinajstić information content (AvgIpc) is 2.77. The summed E-state index contributed by atoms with van der Waals surface area (Å²) >= 11 is 0. The van der Waals surface area contributed by atoms with Gasteiger partial charge in [0.1, 0.15) is 11.6 Å². The molecule has 0 saturated heterocycles. The van der Waals surface area contributed by atoms with E-state index in [0.717, 1.165) is 50.2 Å². The molecule has 0 atom stereocenters. The molecule has 1 aliphatic rings. The monoisotopic (exact) mass is 442 g/mol. The van der Waals surface area contributed by atoms with Crippen molar-refractivity contribution >= 4 is 10.8 Å². The van der Waals surface area contributed by atoms with Crippen LogP contribution < -0.4 is 0 Å². The van der Waals surface area contributed by atoms with E-state index in [1.165, 1.54) is 18.2 Å². The molecular formula is C27H23F5. The minimum absolute atomic E-state index is 0.0142. The molecule has 0 nitrogen and oxygen atoms in total. The standard InChI is InChI=1S/C27H23F5/c1-2-3-17-7-11-19(22(28)12-17)10-6-16-4-8-18(9-5-16)20-13-21-15-24(30)26(31)27(32)25(21)23(29)14-20/h7,11-16,18H,2-5,8-9H2,1H3. The van der Waals surface area contributed by atoms with Crippen LogP contribution in [0.25, 0.3) is 10.8 Å². The topological polar surface area (TPSA) is 0 Å². The van der Waals surface area contributed by atoms with Gasteiger partial charge in [0.15, 0.2) is 17.5 Å². The molecule has 166 valence electrons. The summed E-state index contributed by atoms with van der Waals surface area (Å²) in [6.07, 6.45) is 4.77. The van der Waals surface area contributed by atoms with Gasteiger partial charge < -0.3 is 0 Å². The Balaban J connectivity index is 1.47. The minimum atomic E-state index is -1.67. The van der Waals surface area contributed by atoms with Crippen molar-refractivity contribution in [1.82, 2.24) is 0 Å². The third-order valence-electron chi connectivity index (χ3n) is 6.23. The van der Waals surface area contributed by atoms with Gasteiger partial charge in [0, 0.05) is 5.92 Å². The molecule has 0 unspecified atom stereocenters. The maximum absolute atomic E-state index is 14.5. The number of hydrogen-bond donors (Lipinski definition) is 0. The Hall–Kier alpha value is -2.87. The van der Waals surface area contributed by atoms with Crippen molar-refractivity contribution < 1.29 is 22.0 Å². The number of fused-ring (bicyclic) bond motifs is 1. The molecule has 3 aromatic carbocycles. The second kappa shape index (κ2) is 9.32. The number of rotatable bonds is 3. The van der Waals surface area contributed by atoms with Gasteiger partial charge in [-0.05, 0) is 78.8 Å². The van der Waals surface area contributed by atoms with Crippen molar-refractivity contribution in [3.05, 3.63) is 82.2 Å². The van der Waals surface area contributed by atoms with Crippen LogP contribution in [-0.4, -0.2) is 0 Å². The van der Waals surface area contributed by atoms with E-state index < -0.39 is 28.7 Å². The molecule has 0 aromatic heterocycles. The van der Waals surface area contributed by atoms with E-state index in [1.807, 2.05) is 13.0 Å². The predicted octanol–water partition coefficient (Wildman–Crippen LogP) is 7.81. The van der Waals surface area contributed by atoms with E-state index in [4.69, 9.17) is 0 Å². The second-order valence-electron chi connectivity index (χ2n) is 8.47. The van der Waals surface area contributed by atoms with E-state index in [0.29, 0.717) is 11.1 Å². The molecule has 0 bridgehead atoms. The third-order valence-corrected chi connectivity index (χ3v) is 6.23. The molecule has 1 fully saturated rings. The van der Waals surface area contributed by atoms with Crippen LogP contribution in [0.2, 0.25) is 0 Å². The molecule has 0 heterocycles. The molecule has 4 rings (SSSR count). The van der Waals surface area contributed by atoms with E-state index in [-0.39, 0.29) is 23.0 Å². The smallest absolute Gasteiger partial charge is 0.195 e. The summed E-state index contributed by atoms with van der Waals surface area (Å²) in [5, 5.41) is -0.514. The zero-order valence-electron chi connectivity index (χ0n) is 17.8. The summed E-state index contributed by atoms with van der Waals surface area (Å²) in [5.41, 5.74) is 1.99. The normalized spacial score (nSPS) is 18.4. The van der Waals surface area contributed by atoms with Crippen molar-refractivity contribution in [2.45, 2.75) is 51.4 Å². The highest BCUT2D eigenvalue weighted by Gasteiger charge is 2.24. The van der Waals surface area contributed by atoms with E-state index >= 15 is 0 Å². The molecule has 5 heteroatoms. The zero-order valence-corrected chi connectivity index (χ0v) is 17.8. The van der Waals surface area contributed by atoms with Crippen LogP contribution in [0.15, 0.2) is 36.4 Å². The zero-order chi connectivity index (χ0) is 22.8. The first-order chi connectivity index (χ1) is 15.4. The average molecular weight is 442 g/mol. The number of benzene rings is 3. The van der Waals surface area contributed by atoms with Gasteiger partial charge in [0.05, 0.1) is 10.9 Å². The lowest BCUT2D eigenvalue weighted by Gasteiger charge is -2.26. The molecule has 0 radical (unpaired) electrons. The Labute approximate surface area is 184 Å². The molecule has 0 N–H and O–H groups in total. The first-order valence-corrected chi connectivity index (χ1v) is 10.9. The lowest BCUT2D eigenvalue weighted by molar-refractivity contribution is 0.384. The van der Waals surface area contributed by atoms with E-state index in [9.17, 15) is 22.0 Å². The van der Waals surface area contributed by atoms with Gasteiger partial charge in [-0.2, -0.15) is 0 Å². The van der Waals surface area contributed by atoms with E-state index in [2.05, 4.69) is 11.8 Å². The van der Waals surface area contributed by atoms with Crippen LogP contribution in [0.5, 0.6) is 0 Å². The van der Waals surface area contributed by atoms with Crippen molar-refractivity contribution in [3.63, 3.8) is 0 Å². The van der Waals surface area contributed by atoms with Crippen LogP contribution in [0, 0.1) is 46.8 Å². The van der Waals surface area contributed by atoms with Gasteiger partial charge in [-0.15, -0.1) is 0 Å². The molecule has 32 heavy (non-hydrogen) atoms. The fourth-order valence-corrected chi connectivity index (χ4v) is 4.50. The van der Waals surface area contributed by atoms with Crippen molar-refractivity contribution in [2.75, 3.05) is 0 Å². The number of halogens is 5. The first kappa shape index (κ1) is 22.3. The van der Waals surface area contributed by atoms with Gasteiger partial charge in [-0.25, -0.2) is 22.0 Å². The van der Waals surface area contributed by atoms with Gasteiger partial charge in [0.2, 0.25) is 0 Å². The van der Waals surface area contributed by atoms with Gasteiger partial charge in [0.25, 0.3) is 0 Å². The van der Waals surface area contributed by atoms with E-state index in [1.54, 1.807) is 6.07 Å². The van der Waals surface area contributed by atoms with Gasteiger partial charge >= 0.3 is 0 Å². The minimum Gasteiger partial charge on any atom is -0.206 e. The Morgan fingerprint density at radius 1 is 0.812 bits per heavy atom. The quantitative estimate of drug-likeness (QED) is 0.220. The fourth-order valence-electron chi connectivity index (χ4n) is 4.50. The molecule has 1 aliphatic carbocycles. The Morgan fingerprint density at radius 2 is 1.56 bits per heavy atom. The SMILES string of the molecule is CCCc1ccc(C#CC2CCC(c3cc(F)c4c(F)c(F)c(F)cc4c3)CC2)c(F)c1. The summed E-state index contributed by atoms with van der Waals surface area (Å²) in [6, 6.07) is 8.74. The van der Waals surface area contributed by atoms with Crippen molar-refractivity contribution in [2.24, 2.45) is 5.92 Å². The van der Waals surface area contributed by atoms with Gasteiger partial charge in [-0.3, -0.25) is 0 Å². The Bertz CT molecular complexity index is 1210. The summed E-state index contributed by atoms with van der Waals surface area (Å²) in [5.74, 6) is 0.543. The molecule has 3 aromatic rings. The highest BCUT2D eigenvalue weighted by molar-refractivity contribution is 5.84. The lowest BCUT2D eigenvalue weighted by atomic mass is 9.78. The van der Waals surface area contributed by atoms with Gasteiger partial charge in [-0.1, -0.05) is 37.3 Å². The summed E-state index contributed by atoms with van der Waals surface area (Å²) in [7, 11) is 0. The first-order valence-electron chi connectivity index (χ1n) is 10.9. The van der Waals surface area contributed by atoms with Crippen molar-refractivity contribution in [3.8, 4) is 11.8 Å². The second-order valence-corrected chi connectivity index (χ2v) is 8.47. The molecule has 0 amide bonds. The molecular weight excluding hydrogens is 419 g/mol. The largest absolute Gasteiger partial charge is 0.206 e. The third kappa shape index (κ3) is 4.50. The van der Waals surface area contributed by atoms with Crippen LogP contribution in [-0.2, 0) is 6.42 Å². The highest BCUT2D eigenvalue weighted by Crippen LogP contribution is 2.38. The van der Waals surface area contributed by atoms with Crippen molar-refractivity contribution in [1.29, 1.82) is 0 Å². The molecule has 0 spiro atoms. The maximum Gasteiger partial charge on any atom is 0.195 e. The summed E-state index contributed by atoms with van der Waals surface area (Å²) in [4.78, 5) is 0. The number of aryl methyl sites for hydroxylation is 1.